The number of carboxylic acids is 1. The van der Waals surface area contributed by atoms with Gasteiger partial charge in [0.15, 0.2) is 0 Å². The van der Waals surface area contributed by atoms with Crippen molar-refractivity contribution in [1.29, 1.82) is 0 Å². The number of aliphatic carboxylic acids is 1. The molecule has 0 aliphatic heterocycles. The Morgan fingerprint density at radius 1 is 1.06 bits per heavy atom. The molecule has 1 atom stereocenters. The average molecular weight is 439 g/mol. The summed E-state index contributed by atoms with van der Waals surface area (Å²) in [4.78, 5) is 36.5. The van der Waals surface area contributed by atoms with Crippen molar-refractivity contribution in [2.45, 2.75) is 32.1 Å². The maximum absolute atomic E-state index is 12.3. The first-order chi connectivity index (χ1) is 15.4. The van der Waals surface area contributed by atoms with Crippen molar-refractivity contribution < 1.29 is 24.2 Å². The van der Waals surface area contributed by atoms with E-state index in [0.29, 0.717) is 19.4 Å². The van der Waals surface area contributed by atoms with Crippen LogP contribution in [0.2, 0.25) is 0 Å². The zero-order valence-electron chi connectivity index (χ0n) is 18.5. The second-order valence-electron chi connectivity index (χ2n) is 8.20. The molecule has 1 aliphatic rings. The minimum Gasteiger partial charge on any atom is -0.481 e. The highest BCUT2D eigenvalue weighted by Crippen LogP contribution is 2.44. The first-order valence-corrected chi connectivity index (χ1v) is 10.9. The summed E-state index contributed by atoms with van der Waals surface area (Å²) in [6, 6.07) is 16.4. The predicted octanol–water partition coefficient (Wildman–Crippen LogP) is 3.87. The molecule has 2 aromatic carbocycles. The molecule has 7 nitrogen and oxygen atoms in total. The third-order valence-corrected chi connectivity index (χ3v) is 5.89. The van der Waals surface area contributed by atoms with Gasteiger partial charge < -0.3 is 20.1 Å². The van der Waals surface area contributed by atoms with Crippen LogP contribution in [0.5, 0.6) is 0 Å². The number of benzene rings is 2. The average Bonchev–Trinajstić information content (AvgIpc) is 3.12. The van der Waals surface area contributed by atoms with E-state index < -0.39 is 12.1 Å². The molecule has 1 unspecified atom stereocenters. The summed E-state index contributed by atoms with van der Waals surface area (Å²) in [5, 5.41) is 11.5. The molecule has 2 aromatic rings. The first kappa shape index (κ1) is 23.3. The number of carbonyl (C=O) groups is 3. The van der Waals surface area contributed by atoms with Crippen LogP contribution in [0.15, 0.2) is 48.5 Å². The van der Waals surface area contributed by atoms with Crippen LogP contribution in [0, 0.1) is 5.92 Å². The molecule has 0 aromatic heterocycles. The molecule has 0 spiro atoms. The van der Waals surface area contributed by atoms with Gasteiger partial charge in [-0.25, -0.2) is 4.79 Å². The normalized spacial score (nSPS) is 13.1. The number of nitrogens with zero attached hydrogens (tertiary/aromatic N) is 1. The fourth-order valence-electron chi connectivity index (χ4n) is 4.12. The zero-order valence-corrected chi connectivity index (χ0v) is 18.5. The number of hydrogen-bond acceptors (Lipinski definition) is 4. The summed E-state index contributed by atoms with van der Waals surface area (Å²) in [6.07, 6.45) is 0.687. The highest BCUT2D eigenvalue weighted by atomic mass is 16.5. The molecule has 32 heavy (non-hydrogen) atoms. The molecule has 0 fully saturated rings. The third-order valence-electron chi connectivity index (χ3n) is 5.89. The minimum atomic E-state index is -0.926. The summed E-state index contributed by atoms with van der Waals surface area (Å²) >= 11 is 0. The van der Waals surface area contributed by atoms with Gasteiger partial charge in [0.05, 0.1) is 6.42 Å². The molecule has 7 heteroatoms. The summed E-state index contributed by atoms with van der Waals surface area (Å²) < 4.78 is 5.51. The summed E-state index contributed by atoms with van der Waals surface area (Å²) in [5.74, 6) is -1.23. The molecule has 3 rings (SSSR count). The van der Waals surface area contributed by atoms with E-state index >= 15 is 0 Å². The van der Waals surface area contributed by atoms with Crippen molar-refractivity contribution in [2.75, 3.05) is 26.7 Å². The Balaban J connectivity index is 1.41. The number of hydrogen-bond donors (Lipinski definition) is 2. The van der Waals surface area contributed by atoms with Gasteiger partial charge in [0.2, 0.25) is 5.91 Å². The highest BCUT2D eigenvalue weighted by Gasteiger charge is 2.29. The van der Waals surface area contributed by atoms with Crippen LogP contribution < -0.4 is 5.32 Å². The van der Waals surface area contributed by atoms with Gasteiger partial charge >= 0.3 is 12.1 Å². The van der Waals surface area contributed by atoms with E-state index in [1.165, 1.54) is 27.2 Å². The van der Waals surface area contributed by atoms with E-state index in [2.05, 4.69) is 29.6 Å². The first-order valence-electron chi connectivity index (χ1n) is 10.9. The van der Waals surface area contributed by atoms with Crippen molar-refractivity contribution in [1.82, 2.24) is 10.2 Å². The highest BCUT2D eigenvalue weighted by molar-refractivity contribution is 5.79. The van der Waals surface area contributed by atoms with E-state index in [-0.39, 0.29) is 37.3 Å². The maximum Gasteiger partial charge on any atom is 0.407 e. The summed E-state index contributed by atoms with van der Waals surface area (Å²) in [5.41, 5.74) is 4.70. The third kappa shape index (κ3) is 5.66. The van der Waals surface area contributed by atoms with Crippen molar-refractivity contribution in [3.63, 3.8) is 0 Å². The predicted molar refractivity (Wildman–Crippen MR) is 121 cm³/mol. The Labute approximate surface area is 188 Å². The molecule has 0 radical (unpaired) electrons. The van der Waals surface area contributed by atoms with Gasteiger partial charge in [-0.15, -0.1) is 0 Å². The lowest BCUT2D eigenvalue weighted by atomic mass is 9.98. The van der Waals surface area contributed by atoms with Crippen LogP contribution in [0.3, 0.4) is 0 Å². The maximum atomic E-state index is 12.3. The lowest BCUT2D eigenvalue weighted by Crippen LogP contribution is -2.34. The number of carboxylic acid groups (broad SMARTS) is 1. The van der Waals surface area contributed by atoms with E-state index in [9.17, 15) is 14.4 Å². The fraction of sp³-hybridized carbons (Fsp3) is 0.400. The second kappa shape index (κ2) is 10.8. The number of fused-ring (bicyclic) bond motifs is 3. The second-order valence-corrected chi connectivity index (χ2v) is 8.20. The standard InChI is InChI=1S/C25H30N2O5/c1-17(24(30)27(2)15-13-23(28)29)8-7-14-26-25(31)32-16-22-20-11-5-3-9-18(20)19-10-4-6-12-21(19)22/h3-6,9-12,17,22H,7-8,13-16H2,1-2H3,(H,26,31)(H,28,29). The molecule has 2 N–H and O–H groups in total. The molecular formula is C25H30N2O5. The number of alkyl carbamates (subject to hydrolysis) is 1. The van der Waals surface area contributed by atoms with Gasteiger partial charge in [0, 0.05) is 32.0 Å². The molecule has 0 saturated carbocycles. The lowest BCUT2D eigenvalue weighted by molar-refractivity contribution is -0.139. The molecule has 0 saturated heterocycles. The van der Waals surface area contributed by atoms with Crippen LogP contribution in [-0.2, 0) is 14.3 Å². The minimum absolute atomic E-state index is 0.0205. The molecule has 170 valence electrons. The van der Waals surface area contributed by atoms with Crippen molar-refractivity contribution in [3.8, 4) is 11.1 Å². The number of amides is 2. The Hall–Kier alpha value is -3.35. The fourth-order valence-corrected chi connectivity index (χ4v) is 4.12. The van der Waals surface area contributed by atoms with Gasteiger partial charge in [0.1, 0.15) is 6.61 Å². The number of ether oxygens (including phenoxy) is 1. The zero-order chi connectivity index (χ0) is 23.1. The quantitative estimate of drug-likeness (QED) is 0.549. The Kier molecular flexibility index (Phi) is 7.87. The van der Waals surface area contributed by atoms with Gasteiger partial charge in [-0.05, 0) is 35.1 Å². The molecular weight excluding hydrogens is 408 g/mol. The van der Waals surface area contributed by atoms with Crippen LogP contribution >= 0.6 is 0 Å². The topological polar surface area (TPSA) is 95.9 Å². The smallest absolute Gasteiger partial charge is 0.407 e. The Morgan fingerprint density at radius 2 is 1.66 bits per heavy atom. The van der Waals surface area contributed by atoms with Crippen LogP contribution in [-0.4, -0.2) is 54.7 Å². The SMILES string of the molecule is CC(CCCNC(=O)OCC1c2ccccc2-c2ccccc21)C(=O)N(C)CCC(=O)O. The molecule has 2 amide bonds. The van der Waals surface area contributed by atoms with Crippen molar-refractivity contribution >= 4 is 18.0 Å². The van der Waals surface area contributed by atoms with Crippen molar-refractivity contribution in [2.24, 2.45) is 5.92 Å². The monoisotopic (exact) mass is 438 g/mol. The lowest BCUT2D eigenvalue weighted by Gasteiger charge is -2.20. The van der Waals surface area contributed by atoms with Gasteiger partial charge in [-0.1, -0.05) is 55.5 Å². The largest absolute Gasteiger partial charge is 0.481 e. The Bertz CT molecular complexity index is 929. The molecule has 0 heterocycles. The summed E-state index contributed by atoms with van der Waals surface area (Å²) in [7, 11) is 1.61. The van der Waals surface area contributed by atoms with Gasteiger partial charge in [-0.2, -0.15) is 0 Å². The van der Waals surface area contributed by atoms with Crippen LogP contribution in [0.4, 0.5) is 4.79 Å². The number of carbonyl (C=O) groups excluding carboxylic acids is 2. The van der Waals surface area contributed by atoms with Crippen molar-refractivity contribution in [3.05, 3.63) is 59.7 Å². The Morgan fingerprint density at radius 3 is 2.25 bits per heavy atom. The van der Waals surface area contributed by atoms with Gasteiger partial charge in [0.25, 0.3) is 0 Å². The molecule has 0 bridgehead atoms. The van der Waals surface area contributed by atoms with Crippen LogP contribution in [0.25, 0.3) is 11.1 Å². The van der Waals surface area contributed by atoms with E-state index in [4.69, 9.17) is 9.84 Å². The molecule has 1 aliphatic carbocycles. The van der Waals surface area contributed by atoms with E-state index in [1.807, 2.05) is 31.2 Å². The van der Waals surface area contributed by atoms with Gasteiger partial charge in [-0.3, -0.25) is 9.59 Å². The summed E-state index contributed by atoms with van der Waals surface area (Å²) in [6.45, 7) is 2.68. The van der Waals surface area contributed by atoms with E-state index in [1.54, 1.807) is 7.05 Å². The number of rotatable bonds is 10. The number of nitrogens with one attached hydrogen (secondary N) is 1. The van der Waals surface area contributed by atoms with Crippen LogP contribution in [0.1, 0.15) is 43.2 Å². The van der Waals surface area contributed by atoms with E-state index in [0.717, 1.165) is 0 Å².